The number of aromatic nitrogens is 1. The van der Waals surface area contributed by atoms with Crippen LogP contribution in [0, 0.1) is 25.2 Å². The number of rotatable bonds is 5. The second-order valence-corrected chi connectivity index (χ2v) is 8.35. The third kappa shape index (κ3) is 3.45. The van der Waals surface area contributed by atoms with E-state index in [1.807, 2.05) is 25.1 Å². The molecule has 2 aromatic carbocycles. The van der Waals surface area contributed by atoms with Gasteiger partial charge < -0.3 is 15.2 Å². The Morgan fingerprint density at radius 2 is 1.75 bits per heavy atom. The molecule has 4 aromatic rings. The lowest BCUT2D eigenvalue weighted by Gasteiger charge is -2.13. The normalized spacial score (nSPS) is 10.7. The molecule has 4 rings (SSSR count). The smallest absolute Gasteiger partial charge is 0.205 e. The molecule has 0 aliphatic rings. The Morgan fingerprint density at radius 1 is 1.06 bits per heavy atom. The standard InChI is InChI=1S/C25H21N3O3S/c1-13-5-7-15(8-6-13)23(29)24-22(27)21-20(17(12-26)14(2)28-25(21)32-24)16-9-10-18(30-3)19(11-16)31-4/h5-11H,27H2,1-4H3. The molecule has 0 unspecified atom stereocenters. The molecule has 0 aliphatic heterocycles. The molecular formula is C25H21N3O3S. The van der Waals surface area contributed by atoms with Crippen molar-refractivity contribution in [1.29, 1.82) is 5.26 Å². The number of ketones is 1. The molecule has 32 heavy (non-hydrogen) atoms. The summed E-state index contributed by atoms with van der Waals surface area (Å²) in [6.45, 7) is 3.74. The highest BCUT2D eigenvalue weighted by molar-refractivity contribution is 7.21. The van der Waals surface area contributed by atoms with E-state index in [1.54, 1.807) is 45.4 Å². The summed E-state index contributed by atoms with van der Waals surface area (Å²) in [6.07, 6.45) is 0. The van der Waals surface area contributed by atoms with Crippen LogP contribution in [0.15, 0.2) is 42.5 Å². The number of hydrogen-bond acceptors (Lipinski definition) is 7. The number of nitrogens with zero attached hydrogens (tertiary/aromatic N) is 2. The SMILES string of the molecule is COc1ccc(-c2c(C#N)c(C)nc3sc(C(=O)c4ccc(C)cc4)c(N)c23)cc1OC. The fourth-order valence-electron chi connectivity index (χ4n) is 3.69. The van der Waals surface area contributed by atoms with Gasteiger partial charge in [-0.15, -0.1) is 11.3 Å². The van der Waals surface area contributed by atoms with E-state index in [9.17, 15) is 10.1 Å². The van der Waals surface area contributed by atoms with E-state index >= 15 is 0 Å². The molecule has 6 nitrogen and oxygen atoms in total. The van der Waals surface area contributed by atoms with Gasteiger partial charge in [0.25, 0.3) is 0 Å². The Bertz CT molecular complexity index is 1400. The van der Waals surface area contributed by atoms with Crippen molar-refractivity contribution in [3.8, 4) is 28.7 Å². The largest absolute Gasteiger partial charge is 0.493 e. The topological polar surface area (TPSA) is 98.2 Å². The average molecular weight is 444 g/mol. The predicted octanol–water partition coefficient (Wildman–Crippen LogP) is 5.28. The molecule has 0 atom stereocenters. The molecule has 0 amide bonds. The first-order chi connectivity index (χ1) is 15.4. The number of carbonyl (C=O) groups excluding carboxylic acids is 1. The van der Waals surface area contributed by atoms with Crippen LogP contribution in [0.5, 0.6) is 11.5 Å². The number of fused-ring (bicyclic) bond motifs is 1. The number of pyridine rings is 1. The van der Waals surface area contributed by atoms with Crippen molar-refractivity contribution in [2.75, 3.05) is 20.0 Å². The number of aryl methyl sites for hydroxylation is 2. The number of hydrogen-bond donors (Lipinski definition) is 1. The van der Waals surface area contributed by atoms with Gasteiger partial charge in [0.15, 0.2) is 11.5 Å². The van der Waals surface area contributed by atoms with Crippen LogP contribution >= 0.6 is 11.3 Å². The minimum atomic E-state index is -0.167. The first-order valence-corrected chi connectivity index (χ1v) is 10.7. The van der Waals surface area contributed by atoms with Crippen LogP contribution in [-0.2, 0) is 0 Å². The molecule has 2 heterocycles. The van der Waals surface area contributed by atoms with Crippen molar-refractivity contribution in [3.63, 3.8) is 0 Å². The Labute approximate surface area is 189 Å². The second-order valence-electron chi connectivity index (χ2n) is 7.35. The Morgan fingerprint density at radius 3 is 2.38 bits per heavy atom. The molecule has 0 saturated carbocycles. The van der Waals surface area contributed by atoms with Gasteiger partial charge in [0.2, 0.25) is 5.78 Å². The minimum absolute atomic E-state index is 0.167. The fraction of sp³-hybridized carbons (Fsp3) is 0.160. The summed E-state index contributed by atoms with van der Waals surface area (Å²) >= 11 is 1.24. The number of nitriles is 1. The van der Waals surface area contributed by atoms with Gasteiger partial charge in [-0.25, -0.2) is 4.98 Å². The van der Waals surface area contributed by atoms with Crippen LogP contribution in [0.25, 0.3) is 21.3 Å². The summed E-state index contributed by atoms with van der Waals surface area (Å²) in [5.41, 5.74) is 10.8. The van der Waals surface area contributed by atoms with Crippen molar-refractivity contribution in [3.05, 3.63) is 69.7 Å². The fourth-order valence-corrected chi connectivity index (χ4v) is 4.80. The molecule has 0 saturated heterocycles. The van der Waals surface area contributed by atoms with Crippen LogP contribution in [0.4, 0.5) is 5.69 Å². The molecule has 7 heteroatoms. The zero-order valence-corrected chi connectivity index (χ0v) is 19.0. The average Bonchev–Trinajstić information content (AvgIpc) is 3.13. The van der Waals surface area contributed by atoms with Gasteiger partial charge in [-0.1, -0.05) is 35.9 Å². The van der Waals surface area contributed by atoms with Gasteiger partial charge in [-0.2, -0.15) is 5.26 Å². The number of methoxy groups -OCH3 is 2. The van der Waals surface area contributed by atoms with Crippen molar-refractivity contribution >= 4 is 33.0 Å². The van der Waals surface area contributed by atoms with Gasteiger partial charge in [-0.3, -0.25) is 4.79 Å². The van der Waals surface area contributed by atoms with Crippen LogP contribution in [0.1, 0.15) is 32.1 Å². The number of anilines is 1. The molecule has 160 valence electrons. The van der Waals surface area contributed by atoms with Gasteiger partial charge in [-0.05, 0) is 31.5 Å². The zero-order valence-electron chi connectivity index (χ0n) is 18.1. The predicted molar refractivity (Wildman–Crippen MR) is 127 cm³/mol. The van der Waals surface area contributed by atoms with Crippen molar-refractivity contribution in [1.82, 2.24) is 4.98 Å². The van der Waals surface area contributed by atoms with Gasteiger partial charge in [0, 0.05) is 16.5 Å². The zero-order chi connectivity index (χ0) is 23.0. The molecule has 2 aromatic heterocycles. The maximum Gasteiger partial charge on any atom is 0.205 e. The Hall–Kier alpha value is -3.89. The van der Waals surface area contributed by atoms with E-state index in [2.05, 4.69) is 11.1 Å². The third-order valence-corrected chi connectivity index (χ3v) is 6.46. The van der Waals surface area contributed by atoms with Crippen LogP contribution in [0.2, 0.25) is 0 Å². The van der Waals surface area contributed by atoms with Crippen LogP contribution in [-0.4, -0.2) is 25.0 Å². The molecule has 0 radical (unpaired) electrons. The molecule has 0 aliphatic carbocycles. The third-order valence-electron chi connectivity index (χ3n) is 5.36. The van der Waals surface area contributed by atoms with E-state index in [1.165, 1.54) is 11.3 Å². The van der Waals surface area contributed by atoms with E-state index in [0.29, 0.717) is 54.7 Å². The van der Waals surface area contributed by atoms with Gasteiger partial charge in [0.05, 0.1) is 31.2 Å². The minimum Gasteiger partial charge on any atom is -0.493 e. The van der Waals surface area contributed by atoms with Gasteiger partial charge in [0.1, 0.15) is 15.8 Å². The highest BCUT2D eigenvalue weighted by Crippen LogP contribution is 2.44. The lowest BCUT2D eigenvalue weighted by atomic mass is 9.95. The summed E-state index contributed by atoms with van der Waals surface area (Å²) in [4.78, 5) is 18.8. The molecular weight excluding hydrogens is 422 g/mol. The Balaban J connectivity index is 2.00. The Kier molecular flexibility index (Phi) is 5.56. The maximum atomic E-state index is 13.2. The van der Waals surface area contributed by atoms with Crippen LogP contribution < -0.4 is 15.2 Å². The van der Waals surface area contributed by atoms with Crippen molar-refractivity contribution < 1.29 is 14.3 Å². The second kappa shape index (κ2) is 8.33. The van der Waals surface area contributed by atoms with Crippen LogP contribution in [0.3, 0.4) is 0 Å². The number of benzene rings is 2. The van der Waals surface area contributed by atoms with E-state index in [0.717, 1.165) is 11.1 Å². The van der Waals surface area contributed by atoms with E-state index in [-0.39, 0.29) is 5.78 Å². The number of nitrogen functional groups attached to an aromatic ring is 1. The lowest BCUT2D eigenvalue weighted by molar-refractivity contribution is 0.104. The summed E-state index contributed by atoms with van der Waals surface area (Å²) in [6, 6.07) is 15.0. The molecule has 0 fully saturated rings. The highest BCUT2D eigenvalue weighted by atomic mass is 32.1. The van der Waals surface area contributed by atoms with Gasteiger partial charge >= 0.3 is 0 Å². The maximum absolute atomic E-state index is 13.2. The van der Waals surface area contributed by atoms with Crippen molar-refractivity contribution in [2.45, 2.75) is 13.8 Å². The highest BCUT2D eigenvalue weighted by Gasteiger charge is 2.25. The molecule has 0 spiro atoms. The summed E-state index contributed by atoms with van der Waals surface area (Å²) in [7, 11) is 3.12. The molecule has 2 N–H and O–H groups in total. The number of nitrogens with two attached hydrogens (primary N) is 1. The van der Waals surface area contributed by atoms with Crippen molar-refractivity contribution in [2.24, 2.45) is 0 Å². The monoisotopic (exact) mass is 443 g/mol. The quantitative estimate of drug-likeness (QED) is 0.421. The summed E-state index contributed by atoms with van der Waals surface area (Å²) < 4.78 is 10.8. The first-order valence-electron chi connectivity index (χ1n) is 9.86. The lowest BCUT2D eigenvalue weighted by Crippen LogP contribution is -2.02. The molecule has 0 bridgehead atoms. The van der Waals surface area contributed by atoms with E-state index in [4.69, 9.17) is 15.2 Å². The summed E-state index contributed by atoms with van der Waals surface area (Å²) in [5, 5.41) is 10.5. The first kappa shape index (κ1) is 21.3. The number of ether oxygens (including phenoxy) is 2. The van der Waals surface area contributed by atoms with E-state index < -0.39 is 0 Å². The number of carbonyl (C=O) groups is 1. The summed E-state index contributed by atoms with van der Waals surface area (Å²) in [5.74, 6) is 0.937. The number of thiophene rings is 1.